The molecule has 0 radical (unpaired) electrons. The lowest BCUT2D eigenvalue weighted by molar-refractivity contribution is -0.149. The first kappa shape index (κ1) is 9.45. The number of nitrogens with two attached hydrogens (primary N) is 1. The average Bonchev–Trinajstić information content (AvgIpc) is 2.81. The van der Waals surface area contributed by atoms with E-state index in [4.69, 9.17) is 10.8 Å². The largest absolute Gasteiger partial charge is 0.480 e. The van der Waals surface area contributed by atoms with Gasteiger partial charge in [0.05, 0.1) is 0 Å². The molecule has 0 spiro atoms. The highest BCUT2D eigenvalue weighted by molar-refractivity contribution is 5.86. The van der Waals surface area contributed by atoms with Crippen LogP contribution in [-0.2, 0) is 9.59 Å². The van der Waals surface area contributed by atoms with E-state index < -0.39 is 12.0 Å². The number of carbonyl (C=O) groups is 2. The second kappa shape index (κ2) is 3.24. The van der Waals surface area contributed by atoms with Gasteiger partial charge in [0.1, 0.15) is 6.04 Å². The molecule has 5 heteroatoms. The van der Waals surface area contributed by atoms with Gasteiger partial charge in [-0.05, 0) is 18.8 Å². The number of hydrogen-bond acceptors (Lipinski definition) is 3. The molecule has 1 saturated heterocycles. The summed E-state index contributed by atoms with van der Waals surface area (Å²) < 4.78 is 0. The van der Waals surface area contributed by atoms with Gasteiger partial charge in [0.25, 0.3) is 0 Å². The van der Waals surface area contributed by atoms with Crippen molar-refractivity contribution in [2.24, 2.45) is 11.7 Å². The summed E-state index contributed by atoms with van der Waals surface area (Å²) in [5.74, 6) is -0.853. The van der Waals surface area contributed by atoms with Gasteiger partial charge in [0.15, 0.2) is 0 Å². The Morgan fingerprint density at radius 2 is 2.21 bits per heavy atom. The highest BCUT2D eigenvalue weighted by Gasteiger charge is 2.44. The molecule has 5 nitrogen and oxygen atoms in total. The Balaban J connectivity index is 2.10. The molecule has 2 aliphatic rings. The normalized spacial score (nSPS) is 29.4. The van der Waals surface area contributed by atoms with E-state index >= 15 is 0 Å². The van der Waals surface area contributed by atoms with Gasteiger partial charge in [-0.2, -0.15) is 0 Å². The Kier molecular flexibility index (Phi) is 2.19. The molecule has 1 unspecified atom stereocenters. The maximum Gasteiger partial charge on any atom is 0.326 e. The van der Waals surface area contributed by atoms with Crippen molar-refractivity contribution in [3.63, 3.8) is 0 Å². The lowest BCUT2D eigenvalue weighted by Crippen LogP contribution is -2.44. The van der Waals surface area contributed by atoms with Crippen LogP contribution in [0.5, 0.6) is 0 Å². The lowest BCUT2D eigenvalue weighted by atomic mass is 10.1. The molecule has 1 aliphatic heterocycles. The molecule has 3 N–H and O–H groups in total. The number of nitrogens with zero attached hydrogens (tertiary/aromatic N) is 1. The van der Waals surface area contributed by atoms with Gasteiger partial charge in [-0.25, -0.2) is 4.79 Å². The van der Waals surface area contributed by atoms with E-state index in [0.29, 0.717) is 6.54 Å². The van der Waals surface area contributed by atoms with E-state index in [1.54, 1.807) is 0 Å². The molecule has 0 aromatic heterocycles. The maximum absolute atomic E-state index is 11.4. The number of hydrogen-bond donors (Lipinski definition) is 2. The van der Waals surface area contributed by atoms with Gasteiger partial charge in [-0.3, -0.25) is 4.79 Å². The van der Waals surface area contributed by atoms with Crippen LogP contribution in [0.2, 0.25) is 0 Å². The molecule has 0 aromatic carbocycles. The first-order chi connectivity index (χ1) is 6.59. The fraction of sp³-hybridized carbons (Fsp3) is 0.778. The van der Waals surface area contributed by atoms with Crippen molar-refractivity contribution in [2.45, 2.75) is 31.3 Å². The van der Waals surface area contributed by atoms with E-state index in [1.807, 2.05) is 0 Å². The zero-order valence-corrected chi connectivity index (χ0v) is 7.85. The molecule has 2 rings (SSSR count). The average molecular weight is 198 g/mol. The third-order valence-corrected chi connectivity index (χ3v) is 2.85. The molecule has 1 aliphatic carbocycles. The number of rotatable bonds is 3. The molecule has 1 saturated carbocycles. The number of likely N-dealkylation sites (tertiary alicyclic amines) is 1. The molecule has 0 aromatic rings. The smallest absolute Gasteiger partial charge is 0.326 e. The number of carboxylic acids is 1. The molecule has 1 amide bonds. The zero-order valence-electron chi connectivity index (χ0n) is 7.85. The van der Waals surface area contributed by atoms with Crippen LogP contribution in [0.15, 0.2) is 0 Å². The number of carbonyl (C=O) groups excluding carboxylic acids is 1. The predicted octanol–water partition coefficient (Wildman–Crippen LogP) is -0.591. The third-order valence-electron chi connectivity index (χ3n) is 2.85. The zero-order chi connectivity index (χ0) is 10.3. The fourth-order valence-electron chi connectivity index (χ4n) is 2.03. The van der Waals surface area contributed by atoms with Crippen molar-refractivity contribution in [3.05, 3.63) is 0 Å². The van der Waals surface area contributed by atoms with Gasteiger partial charge >= 0.3 is 5.97 Å². The second-order valence-electron chi connectivity index (χ2n) is 4.13. The summed E-state index contributed by atoms with van der Waals surface area (Å²) in [7, 11) is 0. The van der Waals surface area contributed by atoms with Crippen LogP contribution >= 0.6 is 0 Å². The van der Waals surface area contributed by atoms with Crippen molar-refractivity contribution >= 4 is 11.9 Å². The van der Waals surface area contributed by atoms with Crippen LogP contribution in [0, 0.1) is 5.92 Å². The lowest BCUT2D eigenvalue weighted by Gasteiger charge is -2.24. The highest BCUT2D eigenvalue weighted by atomic mass is 16.4. The minimum absolute atomic E-state index is 0.114. The van der Waals surface area contributed by atoms with Crippen LogP contribution in [-0.4, -0.2) is 40.5 Å². The van der Waals surface area contributed by atoms with Crippen molar-refractivity contribution in [2.75, 3.05) is 6.54 Å². The maximum atomic E-state index is 11.4. The van der Waals surface area contributed by atoms with Crippen LogP contribution in [0.25, 0.3) is 0 Å². The Labute approximate surface area is 81.9 Å². The van der Waals surface area contributed by atoms with Crippen LogP contribution in [0.4, 0.5) is 0 Å². The topological polar surface area (TPSA) is 83.6 Å². The van der Waals surface area contributed by atoms with Crippen LogP contribution in [0.1, 0.15) is 19.3 Å². The molecular formula is C9H14N2O3. The summed E-state index contributed by atoms with van der Waals surface area (Å²) in [6, 6.07) is -0.820. The molecule has 2 atom stereocenters. The van der Waals surface area contributed by atoms with Crippen molar-refractivity contribution in [1.29, 1.82) is 0 Å². The van der Waals surface area contributed by atoms with E-state index in [-0.39, 0.29) is 24.3 Å². The number of amides is 1. The molecule has 14 heavy (non-hydrogen) atoms. The van der Waals surface area contributed by atoms with Crippen LogP contribution in [0.3, 0.4) is 0 Å². The monoisotopic (exact) mass is 198 g/mol. The quantitative estimate of drug-likeness (QED) is 0.634. The van der Waals surface area contributed by atoms with Gasteiger partial charge in [-0.15, -0.1) is 0 Å². The van der Waals surface area contributed by atoms with E-state index in [1.165, 1.54) is 4.90 Å². The number of aliphatic carboxylic acids is 1. The SMILES string of the molecule is NC1CC(=O)N([C@H](C(=O)O)C2CC2)C1. The summed E-state index contributed by atoms with van der Waals surface area (Å²) in [6.07, 6.45) is 2.11. The van der Waals surface area contributed by atoms with Gasteiger partial charge in [0.2, 0.25) is 5.91 Å². The van der Waals surface area contributed by atoms with Gasteiger partial charge in [0, 0.05) is 19.0 Å². The van der Waals surface area contributed by atoms with Crippen molar-refractivity contribution in [1.82, 2.24) is 4.90 Å². The summed E-state index contributed by atoms with van der Waals surface area (Å²) in [5, 5.41) is 9.01. The first-order valence-electron chi connectivity index (χ1n) is 4.87. The Morgan fingerprint density at radius 3 is 2.57 bits per heavy atom. The summed E-state index contributed by atoms with van der Waals surface area (Å²) in [6.45, 7) is 0.395. The van der Waals surface area contributed by atoms with Crippen LogP contribution < -0.4 is 5.73 Å². The first-order valence-corrected chi connectivity index (χ1v) is 4.87. The predicted molar refractivity (Wildman–Crippen MR) is 48.5 cm³/mol. The van der Waals surface area contributed by atoms with Gasteiger partial charge < -0.3 is 15.7 Å². The van der Waals surface area contributed by atoms with E-state index in [2.05, 4.69) is 0 Å². The standard InChI is InChI=1S/C9H14N2O3/c10-6-3-7(12)11(4-6)8(9(13)14)5-1-2-5/h5-6,8H,1-4,10H2,(H,13,14)/t6?,8-/m0/s1. The number of carboxylic acid groups (broad SMARTS) is 1. The third kappa shape index (κ3) is 1.59. The van der Waals surface area contributed by atoms with Crippen molar-refractivity contribution < 1.29 is 14.7 Å². The fourth-order valence-corrected chi connectivity index (χ4v) is 2.03. The summed E-state index contributed by atoms with van der Waals surface area (Å²) in [5.41, 5.74) is 5.62. The summed E-state index contributed by atoms with van der Waals surface area (Å²) >= 11 is 0. The Bertz CT molecular complexity index is 275. The highest BCUT2D eigenvalue weighted by Crippen LogP contribution is 2.36. The Morgan fingerprint density at radius 1 is 1.57 bits per heavy atom. The van der Waals surface area contributed by atoms with E-state index in [0.717, 1.165) is 12.8 Å². The minimum Gasteiger partial charge on any atom is -0.480 e. The molecule has 1 heterocycles. The summed E-state index contributed by atoms with van der Waals surface area (Å²) in [4.78, 5) is 23.9. The molecule has 78 valence electrons. The molecular weight excluding hydrogens is 184 g/mol. The molecule has 2 fully saturated rings. The molecule has 0 bridgehead atoms. The van der Waals surface area contributed by atoms with Crippen molar-refractivity contribution in [3.8, 4) is 0 Å². The second-order valence-corrected chi connectivity index (χ2v) is 4.13. The van der Waals surface area contributed by atoms with Gasteiger partial charge in [-0.1, -0.05) is 0 Å². The minimum atomic E-state index is -0.894. The van der Waals surface area contributed by atoms with E-state index in [9.17, 15) is 9.59 Å². The Hall–Kier alpha value is -1.10.